The molecule has 2 heterocycles. The van der Waals surface area contributed by atoms with Crippen molar-refractivity contribution < 1.29 is 14.3 Å². The molecule has 0 aliphatic carbocycles. The van der Waals surface area contributed by atoms with Crippen molar-refractivity contribution in [3.63, 3.8) is 0 Å². The Bertz CT molecular complexity index is 562. The van der Waals surface area contributed by atoms with Crippen molar-refractivity contribution in [3.05, 3.63) is 11.5 Å². The number of amides is 1. The topological polar surface area (TPSA) is 67.8 Å². The second-order valence-corrected chi connectivity index (χ2v) is 6.69. The highest BCUT2D eigenvalue weighted by Crippen LogP contribution is 2.31. The fraction of sp³-hybridized carbons (Fsp3) is 0.667. The van der Waals surface area contributed by atoms with Gasteiger partial charge in [-0.15, -0.1) is 0 Å². The van der Waals surface area contributed by atoms with E-state index in [2.05, 4.69) is 14.9 Å². The normalized spacial score (nSPS) is 16.0. The van der Waals surface area contributed by atoms with Crippen molar-refractivity contribution in [2.75, 3.05) is 38.2 Å². The Morgan fingerprint density at radius 1 is 1.22 bits per heavy atom. The first-order chi connectivity index (χ1) is 10.8. The summed E-state index contributed by atoms with van der Waals surface area (Å²) in [5.41, 5.74) is -0.494. The zero-order valence-corrected chi connectivity index (χ0v) is 14.8. The Morgan fingerprint density at radius 2 is 1.96 bits per heavy atom. The minimum absolute atomic E-state index is 0.283. The maximum Gasteiger partial charge on any atom is 0.410 e. The number of hydrogen-bond acceptors (Lipinski definition) is 6. The average molecular weight is 343 g/mol. The van der Waals surface area contributed by atoms with E-state index in [1.165, 1.54) is 6.33 Å². The minimum Gasteiger partial charge on any atom is -0.490 e. The third kappa shape index (κ3) is 4.60. The molecule has 1 saturated heterocycles. The van der Waals surface area contributed by atoms with Gasteiger partial charge in [0.05, 0.1) is 7.11 Å². The van der Waals surface area contributed by atoms with E-state index < -0.39 is 5.60 Å². The van der Waals surface area contributed by atoms with Crippen LogP contribution in [0.3, 0.4) is 0 Å². The Morgan fingerprint density at radius 3 is 2.61 bits per heavy atom. The molecule has 1 aliphatic rings. The molecular weight excluding hydrogens is 320 g/mol. The zero-order chi connectivity index (χ0) is 17.0. The van der Waals surface area contributed by atoms with Gasteiger partial charge < -0.3 is 19.3 Å². The van der Waals surface area contributed by atoms with E-state index in [1.54, 1.807) is 12.0 Å². The summed E-state index contributed by atoms with van der Waals surface area (Å²) >= 11 is 6.05. The highest BCUT2D eigenvalue weighted by atomic mass is 35.5. The molecule has 0 N–H and O–H groups in total. The standard InChI is InChI=1S/C15H23ClN4O3/c1-15(2,3)23-14(21)20-7-5-6-19(8-9-20)13-11(22-4)12(16)17-10-18-13/h10H,5-9H2,1-4H3. The lowest BCUT2D eigenvalue weighted by Gasteiger charge is -2.27. The smallest absolute Gasteiger partial charge is 0.410 e. The Kier molecular flexibility index (Phi) is 5.51. The van der Waals surface area contributed by atoms with Crippen LogP contribution < -0.4 is 9.64 Å². The molecule has 1 aromatic rings. The molecule has 1 aromatic heterocycles. The number of halogens is 1. The summed E-state index contributed by atoms with van der Waals surface area (Å²) in [7, 11) is 1.54. The molecule has 0 bridgehead atoms. The second kappa shape index (κ2) is 7.21. The van der Waals surface area contributed by atoms with Gasteiger partial charge in [-0.2, -0.15) is 0 Å². The van der Waals surface area contributed by atoms with E-state index in [4.69, 9.17) is 21.1 Å². The van der Waals surface area contributed by atoms with Gasteiger partial charge >= 0.3 is 6.09 Å². The van der Waals surface area contributed by atoms with Crippen molar-refractivity contribution in [1.82, 2.24) is 14.9 Å². The van der Waals surface area contributed by atoms with Gasteiger partial charge in [0.1, 0.15) is 11.9 Å². The Labute approximate surface area is 141 Å². The molecule has 0 radical (unpaired) electrons. The second-order valence-electron chi connectivity index (χ2n) is 6.33. The van der Waals surface area contributed by atoms with Crippen LogP contribution in [-0.2, 0) is 4.74 Å². The number of anilines is 1. The van der Waals surface area contributed by atoms with Gasteiger partial charge in [0.15, 0.2) is 16.7 Å². The summed E-state index contributed by atoms with van der Waals surface area (Å²) in [4.78, 5) is 24.2. The quantitative estimate of drug-likeness (QED) is 0.769. The first kappa shape index (κ1) is 17.6. The number of carbonyl (C=O) groups is 1. The summed E-state index contributed by atoms with van der Waals surface area (Å²) < 4.78 is 10.7. The van der Waals surface area contributed by atoms with E-state index >= 15 is 0 Å². The molecule has 23 heavy (non-hydrogen) atoms. The van der Waals surface area contributed by atoms with Crippen LogP contribution in [0.25, 0.3) is 0 Å². The molecule has 8 heteroatoms. The number of nitrogens with zero attached hydrogens (tertiary/aromatic N) is 4. The molecule has 2 rings (SSSR count). The van der Waals surface area contributed by atoms with Crippen molar-refractivity contribution in [1.29, 1.82) is 0 Å². The van der Waals surface area contributed by atoms with Crippen LogP contribution in [0.1, 0.15) is 27.2 Å². The summed E-state index contributed by atoms with van der Waals surface area (Å²) in [6.07, 6.45) is 1.94. The van der Waals surface area contributed by atoms with Crippen molar-refractivity contribution in [2.45, 2.75) is 32.8 Å². The lowest BCUT2D eigenvalue weighted by atomic mass is 10.2. The number of methoxy groups -OCH3 is 1. The number of rotatable bonds is 2. The minimum atomic E-state index is -0.494. The number of aromatic nitrogens is 2. The Balaban J connectivity index is 2.07. The van der Waals surface area contributed by atoms with Gasteiger partial charge in [-0.25, -0.2) is 14.8 Å². The third-order valence-corrected chi connectivity index (χ3v) is 3.66. The van der Waals surface area contributed by atoms with Crippen LogP contribution in [-0.4, -0.2) is 59.9 Å². The van der Waals surface area contributed by atoms with Crippen LogP contribution in [0.15, 0.2) is 6.33 Å². The number of hydrogen-bond donors (Lipinski definition) is 0. The number of ether oxygens (including phenoxy) is 2. The first-order valence-corrected chi connectivity index (χ1v) is 7.97. The summed E-state index contributed by atoms with van der Waals surface area (Å²) in [5.74, 6) is 1.11. The average Bonchev–Trinajstić information content (AvgIpc) is 2.71. The van der Waals surface area contributed by atoms with Crippen LogP contribution in [0, 0.1) is 0 Å². The predicted molar refractivity (Wildman–Crippen MR) is 88.2 cm³/mol. The van der Waals surface area contributed by atoms with Gasteiger partial charge in [0.25, 0.3) is 0 Å². The monoisotopic (exact) mass is 342 g/mol. The van der Waals surface area contributed by atoms with Gasteiger partial charge in [-0.3, -0.25) is 0 Å². The fourth-order valence-electron chi connectivity index (χ4n) is 2.38. The Hall–Kier alpha value is -1.76. The van der Waals surface area contributed by atoms with Crippen molar-refractivity contribution in [3.8, 4) is 5.75 Å². The summed E-state index contributed by atoms with van der Waals surface area (Å²) in [6, 6.07) is 0. The molecule has 1 amide bonds. The van der Waals surface area contributed by atoms with E-state index in [0.29, 0.717) is 31.2 Å². The maximum atomic E-state index is 12.2. The summed E-state index contributed by atoms with van der Waals surface area (Å²) in [6.45, 7) is 8.17. The molecular formula is C15H23ClN4O3. The predicted octanol–water partition coefficient (Wildman–Crippen LogP) is 2.59. The fourth-order valence-corrected chi connectivity index (χ4v) is 2.59. The van der Waals surface area contributed by atoms with Crippen molar-refractivity contribution in [2.24, 2.45) is 0 Å². The van der Waals surface area contributed by atoms with Gasteiger partial charge in [0, 0.05) is 26.2 Å². The lowest BCUT2D eigenvalue weighted by Crippen LogP contribution is -2.39. The SMILES string of the molecule is COc1c(Cl)ncnc1N1CCCN(C(=O)OC(C)(C)C)CC1. The highest BCUT2D eigenvalue weighted by molar-refractivity contribution is 6.31. The molecule has 0 saturated carbocycles. The number of carbonyl (C=O) groups excluding carboxylic acids is 1. The molecule has 0 aromatic carbocycles. The van der Waals surface area contributed by atoms with Crippen molar-refractivity contribution >= 4 is 23.5 Å². The van der Waals surface area contributed by atoms with E-state index in [9.17, 15) is 4.79 Å². The molecule has 1 fully saturated rings. The molecule has 128 valence electrons. The molecule has 0 unspecified atom stereocenters. The van der Waals surface area contributed by atoms with Crippen LogP contribution >= 0.6 is 11.6 Å². The van der Waals surface area contributed by atoms with E-state index in [-0.39, 0.29) is 11.2 Å². The van der Waals surface area contributed by atoms with Crippen LogP contribution in [0.2, 0.25) is 5.15 Å². The van der Waals surface area contributed by atoms with Crippen LogP contribution in [0.5, 0.6) is 5.75 Å². The first-order valence-electron chi connectivity index (χ1n) is 7.59. The lowest BCUT2D eigenvalue weighted by molar-refractivity contribution is 0.0263. The highest BCUT2D eigenvalue weighted by Gasteiger charge is 2.26. The third-order valence-electron chi connectivity index (χ3n) is 3.39. The zero-order valence-electron chi connectivity index (χ0n) is 14.0. The maximum absolute atomic E-state index is 12.2. The molecule has 7 nitrogen and oxygen atoms in total. The largest absolute Gasteiger partial charge is 0.490 e. The molecule has 1 aliphatic heterocycles. The molecule has 0 atom stereocenters. The van der Waals surface area contributed by atoms with Gasteiger partial charge in [0.2, 0.25) is 0 Å². The van der Waals surface area contributed by atoms with Crippen LogP contribution in [0.4, 0.5) is 10.6 Å². The molecule has 0 spiro atoms. The summed E-state index contributed by atoms with van der Waals surface area (Å²) in [5, 5.41) is 0.283. The van der Waals surface area contributed by atoms with Gasteiger partial charge in [-0.05, 0) is 27.2 Å². The van der Waals surface area contributed by atoms with Gasteiger partial charge in [-0.1, -0.05) is 11.6 Å². The van der Waals surface area contributed by atoms with E-state index in [0.717, 1.165) is 13.0 Å². The van der Waals surface area contributed by atoms with E-state index in [1.807, 2.05) is 20.8 Å².